The molecule has 5 nitrogen and oxygen atoms in total. The molecule has 3 aromatic carbocycles. The Hall–Kier alpha value is -4.38. The monoisotopic (exact) mass is 476 g/mol. The molecule has 1 aliphatic heterocycles. The van der Waals surface area contributed by atoms with Crippen molar-refractivity contribution >= 4 is 11.7 Å². The van der Waals surface area contributed by atoms with Crippen molar-refractivity contribution in [1.82, 2.24) is 4.98 Å². The van der Waals surface area contributed by atoms with Gasteiger partial charge in [0.05, 0.1) is 18.2 Å². The molecule has 36 heavy (non-hydrogen) atoms. The molecule has 2 heterocycles. The summed E-state index contributed by atoms with van der Waals surface area (Å²) in [6.07, 6.45) is 3.16. The average Bonchev–Trinajstić information content (AvgIpc) is 2.96. The van der Waals surface area contributed by atoms with Crippen LogP contribution in [0.1, 0.15) is 29.8 Å². The Morgan fingerprint density at radius 1 is 0.861 bits per heavy atom. The first-order valence-corrected chi connectivity index (χ1v) is 12.0. The fourth-order valence-electron chi connectivity index (χ4n) is 4.94. The number of hydrogen-bond donors (Lipinski definition) is 0. The first-order valence-electron chi connectivity index (χ1n) is 12.0. The molecule has 1 unspecified atom stereocenters. The highest BCUT2D eigenvalue weighted by Crippen LogP contribution is 2.50. The summed E-state index contributed by atoms with van der Waals surface area (Å²) in [6.45, 7) is 2.61. The van der Waals surface area contributed by atoms with Crippen LogP contribution in [-0.2, 0) is 14.9 Å². The molecule has 1 aliphatic rings. The maximum absolute atomic E-state index is 13.6. The van der Waals surface area contributed by atoms with Gasteiger partial charge in [0.25, 0.3) is 0 Å². The Morgan fingerprint density at radius 3 is 2.00 bits per heavy atom. The number of ether oxygens (including phenoxy) is 2. The first-order chi connectivity index (χ1) is 17.7. The van der Waals surface area contributed by atoms with E-state index >= 15 is 0 Å². The molecule has 4 aromatic rings. The van der Waals surface area contributed by atoms with E-state index in [0.29, 0.717) is 17.9 Å². The van der Waals surface area contributed by atoms with Crippen LogP contribution in [0.15, 0.2) is 121 Å². The van der Waals surface area contributed by atoms with E-state index in [1.54, 1.807) is 13.3 Å². The van der Waals surface area contributed by atoms with Crippen LogP contribution in [-0.4, -0.2) is 24.6 Å². The summed E-state index contributed by atoms with van der Waals surface area (Å²) in [5.41, 5.74) is 3.31. The summed E-state index contributed by atoms with van der Waals surface area (Å²) in [4.78, 5) is 20.2. The molecule has 0 radical (unpaired) electrons. The molecule has 0 spiro atoms. The van der Waals surface area contributed by atoms with Crippen molar-refractivity contribution in [2.45, 2.75) is 18.4 Å². The number of esters is 1. The Balaban J connectivity index is 1.77. The van der Waals surface area contributed by atoms with Gasteiger partial charge in [0.1, 0.15) is 11.4 Å². The van der Waals surface area contributed by atoms with Crippen LogP contribution in [0.3, 0.4) is 0 Å². The van der Waals surface area contributed by atoms with Crippen LogP contribution in [0.4, 0.5) is 5.69 Å². The van der Waals surface area contributed by atoms with E-state index in [0.717, 1.165) is 22.6 Å². The van der Waals surface area contributed by atoms with Gasteiger partial charge >= 0.3 is 5.97 Å². The molecule has 0 fully saturated rings. The Labute approximate surface area is 211 Å². The van der Waals surface area contributed by atoms with E-state index in [9.17, 15) is 4.79 Å². The third-order valence-electron chi connectivity index (χ3n) is 6.66. The normalized spacial score (nSPS) is 16.6. The molecule has 0 amide bonds. The van der Waals surface area contributed by atoms with Gasteiger partial charge < -0.3 is 14.4 Å². The van der Waals surface area contributed by atoms with E-state index < -0.39 is 11.5 Å². The number of pyridine rings is 1. The van der Waals surface area contributed by atoms with Gasteiger partial charge in [-0.3, -0.25) is 4.98 Å². The zero-order chi connectivity index (χ0) is 25.0. The van der Waals surface area contributed by atoms with Gasteiger partial charge in [-0.25, -0.2) is 4.79 Å². The second kappa shape index (κ2) is 10.1. The largest absolute Gasteiger partial charge is 0.497 e. The van der Waals surface area contributed by atoms with Gasteiger partial charge in [0.15, 0.2) is 6.10 Å². The van der Waals surface area contributed by atoms with E-state index in [2.05, 4.69) is 35.3 Å². The topological polar surface area (TPSA) is 51.7 Å². The smallest absolute Gasteiger partial charge is 0.355 e. The zero-order valence-electron chi connectivity index (χ0n) is 20.4. The lowest BCUT2D eigenvalue weighted by Crippen LogP contribution is -2.44. The number of rotatable bonds is 7. The van der Waals surface area contributed by atoms with Crippen molar-refractivity contribution in [1.29, 1.82) is 0 Å². The van der Waals surface area contributed by atoms with E-state index in [4.69, 9.17) is 9.47 Å². The van der Waals surface area contributed by atoms with Crippen molar-refractivity contribution in [3.63, 3.8) is 0 Å². The van der Waals surface area contributed by atoms with Gasteiger partial charge in [0, 0.05) is 18.4 Å². The number of methoxy groups -OCH3 is 1. The highest BCUT2D eigenvalue weighted by Gasteiger charge is 2.49. The summed E-state index contributed by atoms with van der Waals surface area (Å²) in [5.74, 6) is 0.374. The second-order valence-electron chi connectivity index (χ2n) is 8.61. The highest BCUT2D eigenvalue weighted by molar-refractivity contribution is 5.95. The number of aromatic nitrogens is 1. The summed E-state index contributed by atoms with van der Waals surface area (Å²) >= 11 is 0. The second-order valence-corrected chi connectivity index (χ2v) is 8.61. The van der Waals surface area contributed by atoms with Gasteiger partial charge in [-0.05, 0) is 60.5 Å². The summed E-state index contributed by atoms with van der Waals surface area (Å²) in [7, 11) is 1.64. The van der Waals surface area contributed by atoms with E-state index in [-0.39, 0.29) is 5.97 Å². The summed E-state index contributed by atoms with van der Waals surface area (Å²) < 4.78 is 11.7. The van der Waals surface area contributed by atoms with Crippen molar-refractivity contribution in [2.75, 3.05) is 18.6 Å². The van der Waals surface area contributed by atoms with Gasteiger partial charge in [0.2, 0.25) is 0 Å². The lowest BCUT2D eigenvalue weighted by Gasteiger charge is -2.43. The van der Waals surface area contributed by atoms with E-state index in [1.807, 2.05) is 90.7 Å². The number of anilines is 1. The number of cyclic esters (lactones) is 1. The molecule has 0 N–H and O–H groups in total. The fourth-order valence-corrected chi connectivity index (χ4v) is 4.94. The number of carbonyl (C=O) groups is 1. The number of benzene rings is 3. The minimum absolute atomic E-state index is 0.384. The SMILES string of the molecule is CCN(C1=CC(c2ccccc2)(c2ccccc2)C(c2ccccn2)OC1=O)c1ccc(OC)cc1. The summed E-state index contributed by atoms with van der Waals surface area (Å²) in [5, 5.41) is 0. The average molecular weight is 477 g/mol. The maximum atomic E-state index is 13.6. The van der Waals surface area contributed by atoms with Crippen LogP contribution in [0.5, 0.6) is 5.75 Å². The minimum atomic E-state index is -0.792. The number of nitrogens with zero attached hydrogens (tertiary/aromatic N) is 2. The van der Waals surface area contributed by atoms with E-state index in [1.165, 1.54) is 0 Å². The molecular formula is C31H28N2O3. The lowest BCUT2D eigenvalue weighted by atomic mass is 9.67. The zero-order valence-corrected chi connectivity index (χ0v) is 20.4. The predicted molar refractivity (Wildman–Crippen MR) is 141 cm³/mol. The first kappa shape index (κ1) is 23.4. The molecule has 0 aliphatic carbocycles. The number of hydrogen-bond acceptors (Lipinski definition) is 5. The van der Waals surface area contributed by atoms with Gasteiger partial charge in [-0.15, -0.1) is 0 Å². The van der Waals surface area contributed by atoms with Crippen LogP contribution in [0, 0.1) is 0 Å². The molecule has 5 rings (SSSR count). The third kappa shape index (κ3) is 4.13. The van der Waals surface area contributed by atoms with Crippen molar-refractivity contribution in [2.24, 2.45) is 0 Å². The van der Waals surface area contributed by atoms with Gasteiger partial charge in [-0.1, -0.05) is 66.7 Å². The van der Waals surface area contributed by atoms with Crippen LogP contribution < -0.4 is 9.64 Å². The molecule has 0 saturated carbocycles. The molecule has 5 heteroatoms. The van der Waals surface area contributed by atoms with Crippen molar-refractivity contribution in [3.05, 3.63) is 138 Å². The third-order valence-corrected chi connectivity index (χ3v) is 6.66. The lowest BCUT2D eigenvalue weighted by molar-refractivity contribution is -0.149. The van der Waals surface area contributed by atoms with Crippen LogP contribution in [0.2, 0.25) is 0 Å². The molecule has 1 atom stereocenters. The standard InChI is InChI=1S/C31H28N2O3/c1-3-33(25-17-19-26(35-2)20-18-25)28-22-31(23-12-6-4-7-13-23,24-14-8-5-9-15-24)29(36-30(28)34)27-16-10-11-21-32-27/h4-22,29H,3H2,1-2H3. The maximum Gasteiger partial charge on any atom is 0.355 e. The molecule has 180 valence electrons. The van der Waals surface area contributed by atoms with Gasteiger partial charge in [-0.2, -0.15) is 0 Å². The summed E-state index contributed by atoms with van der Waals surface area (Å²) in [6, 6.07) is 33.8. The van der Waals surface area contributed by atoms with Crippen molar-refractivity contribution in [3.8, 4) is 5.75 Å². The molecular weight excluding hydrogens is 448 g/mol. The Bertz CT molecular complexity index is 1300. The molecule has 0 bridgehead atoms. The Morgan fingerprint density at radius 2 is 1.47 bits per heavy atom. The van der Waals surface area contributed by atoms with Crippen LogP contribution in [0.25, 0.3) is 0 Å². The predicted octanol–water partition coefficient (Wildman–Crippen LogP) is 6.08. The molecule has 0 saturated heterocycles. The van der Waals surface area contributed by atoms with Crippen LogP contribution >= 0.6 is 0 Å². The fraction of sp³-hybridized carbons (Fsp3) is 0.161. The number of carbonyl (C=O) groups excluding carboxylic acids is 1. The number of likely N-dealkylation sites (N-methyl/N-ethyl adjacent to an activating group) is 1. The minimum Gasteiger partial charge on any atom is -0.497 e. The Kier molecular flexibility index (Phi) is 6.54. The quantitative estimate of drug-likeness (QED) is 0.302. The van der Waals surface area contributed by atoms with Crippen molar-refractivity contribution < 1.29 is 14.3 Å². The molecule has 1 aromatic heterocycles. The highest BCUT2D eigenvalue weighted by atomic mass is 16.5.